The molecule has 0 bridgehead atoms. The average Bonchev–Trinajstić information content (AvgIpc) is 2.96. The van der Waals surface area contributed by atoms with Gasteiger partial charge >= 0.3 is 0 Å². The number of hydrogen-bond donors (Lipinski definition) is 0. The topological polar surface area (TPSA) is 103 Å². The first-order chi connectivity index (χ1) is 11.5. The highest BCUT2D eigenvalue weighted by atomic mass is 32.2. The number of nitriles is 1. The van der Waals surface area contributed by atoms with E-state index in [1.807, 2.05) is 20.0 Å². The molecule has 126 valence electrons. The van der Waals surface area contributed by atoms with Crippen LogP contribution in [0.25, 0.3) is 0 Å². The molecule has 0 atom stereocenters. The SMILES string of the molecule is COc1cc(OC)nc(Sc2ncc(C(=O)CC(C)C)n2C#N)n1. The Bertz CT molecular complexity index is 760. The smallest absolute Gasteiger partial charge is 0.220 e. The first kappa shape index (κ1) is 17.7. The van der Waals surface area contributed by atoms with Gasteiger partial charge in [0, 0.05) is 6.42 Å². The zero-order valence-corrected chi connectivity index (χ0v) is 14.6. The summed E-state index contributed by atoms with van der Waals surface area (Å²) >= 11 is 1.05. The molecular weight excluding hydrogens is 330 g/mol. The second-order valence-corrected chi connectivity index (χ2v) is 6.15. The highest BCUT2D eigenvalue weighted by molar-refractivity contribution is 7.99. The molecule has 2 heterocycles. The number of ketones is 1. The molecule has 0 radical (unpaired) electrons. The number of carbonyl (C=O) groups excluding carboxylic acids is 1. The highest BCUT2D eigenvalue weighted by Gasteiger charge is 2.19. The minimum atomic E-state index is -0.130. The summed E-state index contributed by atoms with van der Waals surface area (Å²) in [4.78, 5) is 24.7. The van der Waals surface area contributed by atoms with Crippen molar-refractivity contribution in [3.05, 3.63) is 18.0 Å². The molecular formula is C15H17N5O3S. The van der Waals surface area contributed by atoms with Crippen molar-refractivity contribution in [3.63, 3.8) is 0 Å². The summed E-state index contributed by atoms with van der Waals surface area (Å²) < 4.78 is 11.4. The molecule has 0 unspecified atom stereocenters. The van der Waals surface area contributed by atoms with E-state index in [1.165, 1.54) is 25.0 Å². The fraction of sp³-hybridized carbons (Fsp3) is 0.400. The highest BCUT2D eigenvalue weighted by Crippen LogP contribution is 2.28. The lowest BCUT2D eigenvalue weighted by Gasteiger charge is -2.06. The third-order valence-electron chi connectivity index (χ3n) is 2.97. The molecule has 0 spiro atoms. The van der Waals surface area contributed by atoms with E-state index in [1.54, 1.807) is 6.07 Å². The second kappa shape index (κ2) is 7.79. The third-order valence-corrected chi connectivity index (χ3v) is 3.80. The van der Waals surface area contributed by atoms with E-state index in [0.29, 0.717) is 28.5 Å². The molecule has 0 fully saturated rings. The van der Waals surface area contributed by atoms with E-state index in [4.69, 9.17) is 9.47 Å². The van der Waals surface area contributed by atoms with Crippen molar-refractivity contribution in [2.24, 2.45) is 5.92 Å². The lowest BCUT2D eigenvalue weighted by atomic mass is 10.1. The maximum Gasteiger partial charge on any atom is 0.220 e. The fourth-order valence-electron chi connectivity index (χ4n) is 1.90. The zero-order chi connectivity index (χ0) is 17.7. The van der Waals surface area contributed by atoms with Crippen molar-refractivity contribution in [1.29, 1.82) is 5.26 Å². The van der Waals surface area contributed by atoms with Gasteiger partial charge in [-0.25, -0.2) is 9.55 Å². The molecule has 0 aliphatic carbocycles. The van der Waals surface area contributed by atoms with Crippen LogP contribution in [0.4, 0.5) is 0 Å². The summed E-state index contributed by atoms with van der Waals surface area (Å²) in [5.74, 6) is 0.725. The largest absolute Gasteiger partial charge is 0.481 e. The molecule has 0 aromatic carbocycles. The second-order valence-electron chi connectivity index (χ2n) is 5.22. The minimum Gasteiger partial charge on any atom is -0.481 e. The fourth-order valence-corrected chi connectivity index (χ4v) is 2.67. The first-order valence-corrected chi connectivity index (χ1v) is 7.96. The van der Waals surface area contributed by atoms with Crippen molar-refractivity contribution >= 4 is 17.5 Å². The van der Waals surface area contributed by atoms with Gasteiger partial charge in [-0.05, 0) is 17.7 Å². The van der Waals surface area contributed by atoms with E-state index in [-0.39, 0.29) is 17.4 Å². The van der Waals surface area contributed by atoms with E-state index in [2.05, 4.69) is 15.0 Å². The number of Topliss-reactive ketones (excluding diaryl/α,β-unsaturated/α-hetero) is 1. The number of aromatic nitrogens is 4. The number of rotatable bonds is 7. The molecule has 8 nitrogen and oxygen atoms in total. The van der Waals surface area contributed by atoms with Crippen LogP contribution in [0.5, 0.6) is 11.8 Å². The van der Waals surface area contributed by atoms with Gasteiger partial charge in [-0.1, -0.05) is 13.8 Å². The van der Waals surface area contributed by atoms with Gasteiger partial charge in [0.15, 0.2) is 17.1 Å². The molecule has 0 aliphatic heterocycles. The van der Waals surface area contributed by atoms with Crippen LogP contribution in [0.1, 0.15) is 30.8 Å². The van der Waals surface area contributed by atoms with E-state index < -0.39 is 0 Å². The Morgan fingerprint density at radius 1 is 1.33 bits per heavy atom. The molecule has 0 saturated carbocycles. The third kappa shape index (κ3) is 4.02. The van der Waals surface area contributed by atoms with Crippen LogP contribution in [0, 0.1) is 17.4 Å². The normalized spacial score (nSPS) is 10.5. The van der Waals surface area contributed by atoms with Crippen LogP contribution in [0.15, 0.2) is 22.6 Å². The Hall–Kier alpha value is -2.60. The van der Waals surface area contributed by atoms with Crippen molar-refractivity contribution in [3.8, 4) is 18.0 Å². The molecule has 24 heavy (non-hydrogen) atoms. The van der Waals surface area contributed by atoms with Crippen LogP contribution < -0.4 is 9.47 Å². The Morgan fingerprint density at radius 3 is 2.46 bits per heavy atom. The predicted octanol–water partition coefficient (Wildman–Crippen LogP) is 2.40. The number of nitrogens with zero attached hydrogens (tertiary/aromatic N) is 5. The van der Waals surface area contributed by atoms with Crippen LogP contribution in [-0.2, 0) is 0 Å². The van der Waals surface area contributed by atoms with Crippen molar-refractivity contribution in [2.75, 3.05) is 14.2 Å². The van der Waals surface area contributed by atoms with Crippen LogP contribution in [0.3, 0.4) is 0 Å². The maximum atomic E-state index is 12.2. The van der Waals surface area contributed by atoms with Crippen LogP contribution in [-0.4, -0.2) is 39.5 Å². The van der Waals surface area contributed by atoms with Crippen LogP contribution >= 0.6 is 11.8 Å². The molecule has 2 rings (SSSR count). The molecule has 0 amide bonds. The van der Waals surface area contributed by atoms with Crippen molar-refractivity contribution in [1.82, 2.24) is 19.5 Å². The lowest BCUT2D eigenvalue weighted by Crippen LogP contribution is -2.09. The standard InChI is InChI=1S/C15H17N5O3S/c1-9(2)5-11(21)10-7-17-15(20(10)8-16)24-14-18-12(22-3)6-13(19-14)23-4/h6-7,9H,5H2,1-4H3. The Balaban J connectivity index is 2.33. The number of hydrogen-bond acceptors (Lipinski definition) is 8. The van der Waals surface area contributed by atoms with Gasteiger partial charge < -0.3 is 9.47 Å². The summed E-state index contributed by atoms with van der Waals surface area (Å²) in [6.07, 6.45) is 3.71. The predicted molar refractivity (Wildman–Crippen MR) is 86.3 cm³/mol. The number of methoxy groups -OCH3 is 2. The molecule has 0 saturated heterocycles. The summed E-state index contributed by atoms with van der Waals surface area (Å²) in [6, 6.07) is 1.54. The number of ether oxygens (including phenoxy) is 2. The first-order valence-electron chi connectivity index (χ1n) is 7.14. The number of imidazole rings is 1. The van der Waals surface area contributed by atoms with Gasteiger partial charge in [-0.2, -0.15) is 15.2 Å². The van der Waals surface area contributed by atoms with Gasteiger partial charge in [0.25, 0.3) is 0 Å². The maximum absolute atomic E-state index is 12.2. The monoisotopic (exact) mass is 347 g/mol. The quantitative estimate of drug-likeness (QED) is 0.555. The van der Waals surface area contributed by atoms with Gasteiger partial charge in [0.2, 0.25) is 16.9 Å². The van der Waals surface area contributed by atoms with E-state index in [9.17, 15) is 10.1 Å². The Morgan fingerprint density at radius 2 is 1.96 bits per heavy atom. The average molecular weight is 347 g/mol. The van der Waals surface area contributed by atoms with Gasteiger partial charge in [-0.3, -0.25) is 4.79 Å². The molecule has 0 aliphatic rings. The van der Waals surface area contributed by atoms with Gasteiger partial charge in [0.1, 0.15) is 5.69 Å². The van der Waals surface area contributed by atoms with Crippen LogP contribution in [0.2, 0.25) is 0 Å². The number of carbonyl (C=O) groups is 1. The summed E-state index contributed by atoms with van der Waals surface area (Å²) in [7, 11) is 2.96. The Kier molecular flexibility index (Phi) is 5.76. The molecule has 2 aromatic heterocycles. The minimum absolute atomic E-state index is 0.130. The van der Waals surface area contributed by atoms with Gasteiger partial charge in [0.05, 0.1) is 26.5 Å². The molecule has 0 N–H and O–H groups in total. The molecule has 2 aromatic rings. The van der Waals surface area contributed by atoms with E-state index in [0.717, 1.165) is 11.8 Å². The molecule has 9 heteroatoms. The Labute approximate surface area is 143 Å². The van der Waals surface area contributed by atoms with E-state index >= 15 is 0 Å². The lowest BCUT2D eigenvalue weighted by molar-refractivity contribution is 0.0961. The summed E-state index contributed by atoms with van der Waals surface area (Å²) in [5.41, 5.74) is 0.253. The van der Waals surface area contributed by atoms with Gasteiger partial charge in [-0.15, -0.1) is 0 Å². The van der Waals surface area contributed by atoms with Crippen molar-refractivity contribution in [2.45, 2.75) is 30.6 Å². The van der Waals surface area contributed by atoms with Crippen molar-refractivity contribution < 1.29 is 14.3 Å². The summed E-state index contributed by atoms with van der Waals surface area (Å²) in [5, 5.41) is 9.98. The summed E-state index contributed by atoms with van der Waals surface area (Å²) in [6.45, 7) is 3.88. The zero-order valence-electron chi connectivity index (χ0n) is 13.8.